The average molecular weight is 262 g/mol. The largest absolute Gasteiger partial charge is 0.380 e. The SMILES string of the molecule is CC(C)C(=O)Nc1ccc(N[C@@H]2CCO[C@@H]2C)cc1. The average Bonchev–Trinajstić information content (AvgIpc) is 2.77. The van der Waals surface area contributed by atoms with Crippen LogP contribution < -0.4 is 10.6 Å². The molecule has 0 aliphatic carbocycles. The molecule has 0 bridgehead atoms. The summed E-state index contributed by atoms with van der Waals surface area (Å²) in [5.74, 6) is 0.0350. The Morgan fingerprint density at radius 3 is 2.42 bits per heavy atom. The van der Waals surface area contributed by atoms with Crippen LogP contribution in [0.15, 0.2) is 24.3 Å². The summed E-state index contributed by atoms with van der Waals surface area (Å²) in [6.07, 6.45) is 1.29. The summed E-state index contributed by atoms with van der Waals surface area (Å²) < 4.78 is 5.52. The molecule has 1 heterocycles. The van der Waals surface area contributed by atoms with Gasteiger partial charge >= 0.3 is 0 Å². The Bertz CT molecular complexity index is 428. The topological polar surface area (TPSA) is 50.4 Å². The van der Waals surface area contributed by atoms with Crippen molar-refractivity contribution < 1.29 is 9.53 Å². The smallest absolute Gasteiger partial charge is 0.226 e. The molecule has 2 rings (SSSR count). The number of carbonyl (C=O) groups is 1. The highest BCUT2D eigenvalue weighted by Gasteiger charge is 2.23. The van der Waals surface area contributed by atoms with E-state index in [0.717, 1.165) is 24.4 Å². The first kappa shape index (κ1) is 13.9. The van der Waals surface area contributed by atoms with Gasteiger partial charge in [0.25, 0.3) is 0 Å². The number of nitrogens with one attached hydrogen (secondary N) is 2. The van der Waals surface area contributed by atoms with Gasteiger partial charge in [-0.3, -0.25) is 4.79 Å². The van der Waals surface area contributed by atoms with E-state index in [1.807, 2.05) is 38.1 Å². The number of amides is 1. The number of hydrogen-bond acceptors (Lipinski definition) is 3. The lowest BCUT2D eigenvalue weighted by atomic mass is 10.1. The number of anilines is 2. The van der Waals surface area contributed by atoms with E-state index in [-0.39, 0.29) is 17.9 Å². The Labute approximate surface area is 114 Å². The minimum atomic E-state index is -0.00529. The van der Waals surface area contributed by atoms with E-state index < -0.39 is 0 Å². The monoisotopic (exact) mass is 262 g/mol. The van der Waals surface area contributed by atoms with Crippen LogP contribution in [-0.4, -0.2) is 24.7 Å². The summed E-state index contributed by atoms with van der Waals surface area (Å²) >= 11 is 0. The molecule has 1 aliphatic heterocycles. The molecule has 1 amide bonds. The molecule has 0 unspecified atom stereocenters. The van der Waals surface area contributed by atoms with Crippen molar-refractivity contribution >= 4 is 17.3 Å². The quantitative estimate of drug-likeness (QED) is 0.877. The van der Waals surface area contributed by atoms with Crippen LogP contribution in [0.5, 0.6) is 0 Å². The van der Waals surface area contributed by atoms with Crippen LogP contribution in [0.25, 0.3) is 0 Å². The summed E-state index contributed by atoms with van der Waals surface area (Å²) in [5.41, 5.74) is 1.89. The number of carbonyl (C=O) groups excluding carboxylic acids is 1. The lowest BCUT2D eigenvalue weighted by molar-refractivity contribution is -0.118. The standard InChI is InChI=1S/C15H22N2O2/c1-10(2)15(18)17-13-6-4-12(5-7-13)16-14-8-9-19-11(14)3/h4-7,10-11,14,16H,8-9H2,1-3H3,(H,17,18)/t11-,14-/m1/s1. The number of benzene rings is 1. The van der Waals surface area contributed by atoms with Crippen LogP contribution in [0, 0.1) is 5.92 Å². The Morgan fingerprint density at radius 2 is 1.89 bits per heavy atom. The summed E-state index contributed by atoms with van der Waals surface area (Å²) in [6.45, 7) is 6.67. The lowest BCUT2D eigenvalue weighted by Gasteiger charge is -2.17. The highest BCUT2D eigenvalue weighted by molar-refractivity contribution is 5.92. The highest BCUT2D eigenvalue weighted by Crippen LogP contribution is 2.20. The molecule has 0 spiro atoms. The van der Waals surface area contributed by atoms with E-state index in [9.17, 15) is 4.79 Å². The molecule has 1 aromatic carbocycles. The van der Waals surface area contributed by atoms with Crippen molar-refractivity contribution in [3.8, 4) is 0 Å². The van der Waals surface area contributed by atoms with Crippen LogP contribution in [0.3, 0.4) is 0 Å². The molecular formula is C15H22N2O2. The second-order valence-electron chi connectivity index (χ2n) is 5.34. The Balaban J connectivity index is 1.93. The van der Waals surface area contributed by atoms with Crippen LogP contribution in [0.1, 0.15) is 27.2 Å². The minimum Gasteiger partial charge on any atom is -0.380 e. The van der Waals surface area contributed by atoms with Crippen molar-refractivity contribution in [3.05, 3.63) is 24.3 Å². The highest BCUT2D eigenvalue weighted by atomic mass is 16.5. The molecule has 2 N–H and O–H groups in total. The van der Waals surface area contributed by atoms with Crippen molar-refractivity contribution in [3.63, 3.8) is 0 Å². The lowest BCUT2D eigenvalue weighted by Crippen LogP contribution is -2.26. The minimum absolute atomic E-state index is 0.00529. The summed E-state index contributed by atoms with van der Waals surface area (Å²) in [5, 5.41) is 6.34. The van der Waals surface area contributed by atoms with Crippen molar-refractivity contribution in [2.75, 3.05) is 17.2 Å². The molecule has 1 aliphatic rings. The van der Waals surface area contributed by atoms with Crippen LogP contribution in [-0.2, 0) is 9.53 Å². The third-order valence-corrected chi connectivity index (χ3v) is 3.41. The van der Waals surface area contributed by atoms with Crippen LogP contribution in [0.2, 0.25) is 0 Å². The van der Waals surface area contributed by atoms with Gasteiger partial charge in [0, 0.05) is 23.9 Å². The maximum absolute atomic E-state index is 11.6. The molecule has 0 aromatic heterocycles. The third-order valence-electron chi connectivity index (χ3n) is 3.41. The molecule has 0 radical (unpaired) electrons. The van der Waals surface area contributed by atoms with Gasteiger partial charge < -0.3 is 15.4 Å². The number of hydrogen-bond donors (Lipinski definition) is 2. The zero-order chi connectivity index (χ0) is 13.8. The van der Waals surface area contributed by atoms with E-state index in [4.69, 9.17) is 4.74 Å². The van der Waals surface area contributed by atoms with Gasteiger partial charge in [0.1, 0.15) is 0 Å². The molecule has 19 heavy (non-hydrogen) atoms. The predicted octanol–water partition coefficient (Wildman–Crippen LogP) is 2.87. The summed E-state index contributed by atoms with van der Waals surface area (Å²) in [7, 11) is 0. The molecular weight excluding hydrogens is 240 g/mol. The van der Waals surface area contributed by atoms with Gasteiger partial charge in [-0.2, -0.15) is 0 Å². The molecule has 1 fully saturated rings. The van der Waals surface area contributed by atoms with Gasteiger partial charge in [0.2, 0.25) is 5.91 Å². The second-order valence-corrected chi connectivity index (χ2v) is 5.34. The normalized spacial score (nSPS) is 22.5. The second kappa shape index (κ2) is 6.06. The van der Waals surface area contributed by atoms with Gasteiger partial charge in [-0.05, 0) is 37.6 Å². The van der Waals surface area contributed by atoms with E-state index in [2.05, 4.69) is 17.6 Å². The van der Waals surface area contributed by atoms with E-state index in [1.54, 1.807) is 0 Å². The van der Waals surface area contributed by atoms with Crippen LogP contribution >= 0.6 is 0 Å². The Kier molecular flexibility index (Phi) is 4.43. The van der Waals surface area contributed by atoms with E-state index in [0.29, 0.717) is 6.04 Å². The summed E-state index contributed by atoms with van der Waals surface area (Å²) in [4.78, 5) is 11.6. The van der Waals surface area contributed by atoms with Gasteiger partial charge in [-0.25, -0.2) is 0 Å². The first-order valence-corrected chi connectivity index (χ1v) is 6.85. The molecule has 4 nitrogen and oxygen atoms in total. The maximum atomic E-state index is 11.6. The molecule has 0 saturated carbocycles. The first-order valence-electron chi connectivity index (χ1n) is 6.85. The third kappa shape index (κ3) is 3.70. The van der Waals surface area contributed by atoms with E-state index in [1.165, 1.54) is 0 Å². The van der Waals surface area contributed by atoms with Gasteiger partial charge in [-0.1, -0.05) is 13.8 Å². The molecule has 1 saturated heterocycles. The van der Waals surface area contributed by atoms with Crippen molar-refractivity contribution in [1.29, 1.82) is 0 Å². The van der Waals surface area contributed by atoms with Crippen molar-refractivity contribution in [2.45, 2.75) is 39.3 Å². The maximum Gasteiger partial charge on any atom is 0.226 e. The molecule has 1 aromatic rings. The fourth-order valence-electron chi connectivity index (χ4n) is 2.07. The Morgan fingerprint density at radius 1 is 1.26 bits per heavy atom. The first-order chi connectivity index (χ1) is 9.06. The van der Waals surface area contributed by atoms with Crippen LogP contribution in [0.4, 0.5) is 11.4 Å². The Hall–Kier alpha value is -1.55. The fraction of sp³-hybridized carbons (Fsp3) is 0.533. The molecule has 2 atom stereocenters. The number of ether oxygens (including phenoxy) is 1. The van der Waals surface area contributed by atoms with Gasteiger partial charge in [0.05, 0.1) is 12.1 Å². The number of rotatable bonds is 4. The van der Waals surface area contributed by atoms with Crippen molar-refractivity contribution in [1.82, 2.24) is 0 Å². The fourth-order valence-corrected chi connectivity index (χ4v) is 2.07. The van der Waals surface area contributed by atoms with Gasteiger partial charge in [0.15, 0.2) is 0 Å². The predicted molar refractivity (Wildman–Crippen MR) is 77.4 cm³/mol. The molecule has 4 heteroatoms. The van der Waals surface area contributed by atoms with E-state index >= 15 is 0 Å². The zero-order valence-electron chi connectivity index (χ0n) is 11.8. The summed E-state index contributed by atoms with van der Waals surface area (Å²) in [6, 6.07) is 8.19. The molecule has 104 valence electrons. The zero-order valence-corrected chi connectivity index (χ0v) is 11.8. The van der Waals surface area contributed by atoms with Gasteiger partial charge in [-0.15, -0.1) is 0 Å². The van der Waals surface area contributed by atoms with Crippen molar-refractivity contribution in [2.24, 2.45) is 5.92 Å².